The van der Waals surface area contributed by atoms with Crippen molar-refractivity contribution >= 4 is 17.0 Å². The van der Waals surface area contributed by atoms with Crippen molar-refractivity contribution in [3.8, 4) is 5.69 Å². The summed E-state index contributed by atoms with van der Waals surface area (Å²) in [5.41, 5.74) is 4.13. The van der Waals surface area contributed by atoms with E-state index in [1.54, 1.807) is 29.1 Å². The van der Waals surface area contributed by atoms with E-state index >= 15 is 0 Å². The molecule has 2 aromatic carbocycles. The van der Waals surface area contributed by atoms with Crippen LogP contribution in [0.2, 0.25) is 0 Å². The molecule has 0 saturated heterocycles. The largest absolute Gasteiger partial charge is 0.465 e. The molecule has 5 nitrogen and oxygen atoms in total. The normalized spacial score (nSPS) is 10.7. The summed E-state index contributed by atoms with van der Waals surface area (Å²) in [6.07, 6.45) is 0. The zero-order chi connectivity index (χ0) is 14.1. The van der Waals surface area contributed by atoms with Crippen LogP contribution in [0, 0.1) is 6.92 Å². The first kappa shape index (κ1) is 12.3. The molecule has 3 rings (SSSR count). The molecule has 0 saturated carbocycles. The predicted octanol–water partition coefficient (Wildman–Crippen LogP) is 2.52. The Hall–Kier alpha value is -2.69. The number of nitrogens with zero attached hydrogens (tertiary/aromatic N) is 3. The molecule has 0 radical (unpaired) electrons. The van der Waals surface area contributed by atoms with Crippen molar-refractivity contribution in [1.29, 1.82) is 0 Å². The smallest absolute Gasteiger partial charge is 0.337 e. The summed E-state index contributed by atoms with van der Waals surface area (Å²) in [5, 5.41) is 8.84. The molecule has 0 unspecified atom stereocenters. The van der Waals surface area contributed by atoms with E-state index in [1.807, 2.05) is 25.1 Å². The van der Waals surface area contributed by atoms with Crippen molar-refractivity contribution in [1.82, 2.24) is 15.0 Å². The van der Waals surface area contributed by atoms with Gasteiger partial charge in [0.1, 0.15) is 11.0 Å². The Labute approximate surface area is 115 Å². The first-order chi connectivity index (χ1) is 9.67. The molecular weight excluding hydrogens is 254 g/mol. The molecule has 5 heteroatoms. The number of aryl methyl sites for hydroxylation is 1. The number of hydrogen-bond donors (Lipinski definition) is 0. The van der Waals surface area contributed by atoms with Gasteiger partial charge in [0.15, 0.2) is 0 Å². The fourth-order valence-corrected chi connectivity index (χ4v) is 1.99. The van der Waals surface area contributed by atoms with Crippen molar-refractivity contribution < 1.29 is 9.53 Å². The number of fused-ring (bicyclic) bond motifs is 1. The Bertz CT molecular complexity index is 775. The van der Waals surface area contributed by atoms with E-state index < -0.39 is 0 Å². The highest BCUT2D eigenvalue weighted by Crippen LogP contribution is 2.14. The maximum Gasteiger partial charge on any atom is 0.337 e. The first-order valence-electron chi connectivity index (χ1n) is 6.20. The van der Waals surface area contributed by atoms with Crippen LogP contribution >= 0.6 is 0 Å². The van der Waals surface area contributed by atoms with Crippen LogP contribution in [-0.4, -0.2) is 28.1 Å². The molecule has 0 fully saturated rings. The molecule has 1 aromatic heterocycles. The average molecular weight is 267 g/mol. The maximum atomic E-state index is 11.4. The van der Waals surface area contributed by atoms with E-state index in [0.29, 0.717) is 5.56 Å². The first-order valence-corrected chi connectivity index (χ1v) is 6.20. The van der Waals surface area contributed by atoms with E-state index in [2.05, 4.69) is 14.9 Å². The second-order valence-corrected chi connectivity index (χ2v) is 4.52. The molecule has 0 aliphatic carbocycles. The van der Waals surface area contributed by atoms with E-state index in [0.717, 1.165) is 22.3 Å². The predicted molar refractivity (Wildman–Crippen MR) is 74.9 cm³/mol. The summed E-state index contributed by atoms with van der Waals surface area (Å²) in [7, 11) is 1.36. The molecule has 0 amide bonds. The molecule has 3 aromatic rings. The molecular formula is C15H13N3O2. The molecule has 0 aliphatic heterocycles. The van der Waals surface area contributed by atoms with Crippen LogP contribution in [0.25, 0.3) is 16.7 Å². The van der Waals surface area contributed by atoms with Crippen LogP contribution < -0.4 is 0 Å². The fraction of sp³-hybridized carbons (Fsp3) is 0.133. The summed E-state index contributed by atoms with van der Waals surface area (Å²) in [5.74, 6) is -0.356. The molecule has 100 valence electrons. The van der Waals surface area contributed by atoms with E-state index in [1.165, 1.54) is 7.11 Å². The molecule has 20 heavy (non-hydrogen) atoms. The topological polar surface area (TPSA) is 57.0 Å². The van der Waals surface area contributed by atoms with Crippen molar-refractivity contribution in [2.45, 2.75) is 6.92 Å². The van der Waals surface area contributed by atoms with E-state index in [9.17, 15) is 4.79 Å². The summed E-state index contributed by atoms with van der Waals surface area (Å²) in [4.78, 5) is 12.9. The second kappa shape index (κ2) is 4.77. The summed E-state index contributed by atoms with van der Waals surface area (Å²) in [6.45, 7) is 2.02. The van der Waals surface area contributed by atoms with Gasteiger partial charge in [-0.15, -0.1) is 10.2 Å². The molecule has 1 heterocycles. The third kappa shape index (κ3) is 2.14. The zero-order valence-electron chi connectivity index (χ0n) is 11.2. The number of carbonyl (C=O) groups excluding carboxylic acids is 1. The van der Waals surface area contributed by atoms with Crippen LogP contribution in [0.1, 0.15) is 15.9 Å². The molecule has 0 aliphatic rings. The Morgan fingerprint density at radius 2 is 1.75 bits per heavy atom. The highest BCUT2D eigenvalue weighted by molar-refractivity contribution is 5.89. The summed E-state index contributed by atoms with van der Waals surface area (Å²) in [6, 6.07) is 12.9. The minimum Gasteiger partial charge on any atom is -0.465 e. The van der Waals surface area contributed by atoms with Crippen molar-refractivity contribution in [2.24, 2.45) is 0 Å². The number of rotatable bonds is 2. The van der Waals surface area contributed by atoms with Gasteiger partial charge in [-0.25, -0.2) is 4.79 Å². The van der Waals surface area contributed by atoms with Gasteiger partial charge >= 0.3 is 5.97 Å². The monoisotopic (exact) mass is 267 g/mol. The van der Waals surface area contributed by atoms with Gasteiger partial charge < -0.3 is 4.74 Å². The van der Waals surface area contributed by atoms with E-state index in [-0.39, 0.29) is 5.97 Å². The average Bonchev–Trinajstić information content (AvgIpc) is 2.89. The second-order valence-electron chi connectivity index (χ2n) is 4.52. The third-order valence-electron chi connectivity index (χ3n) is 3.06. The van der Waals surface area contributed by atoms with Crippen LogP contribution in [0.3, 0.4) is 0 Å². The van der Waals surface area contributed by atoms with Gasteiger partial charge in [-0.05, 0) is 48.9 Å². The van der Waals surface area contributed by atoms with Gasteiger partial charge in [0, 0.05) is 0 Å². The number of ether oxygens (including phenoxy) is 1. The third-order valence-corrected chi connectivity index (χ3v) is 3.06. The summed E-state index contributed by atoms with van der Waals surface area (Å²) < 4.78 is 4.67. The number of carbonyl (C=O) groups is 1. The van der Waals surface area contributed by atoms with Crippen LogP contribution in [0.5, 0.6) is 0 Å². The lowest BCUT2D eigenvalue weighted by molar-refractivity contribution is 0.0600. The van der Waals surface area contributed by atoms with Gasteiger partial charge in [-0.3, -0.25) is 0 Å². The standard InChI is InChI=1S/C15H13N3O2/c1-10-3-8-13-14(9-10)17-18(16-13)12-6-4-11(5-7-12)15(19)20-2/h3-9H,1-2H3. The molecule has 0 N–H and O–H groups in total. The fourth-order valence-electron chi connectivity index (χ4n) is 1.99. The SMILES string of the molecule is COC(=O)c1ccc(-n2nc3ccc(C)cc3n2)cc1. The quantitative estimate of drug-likeness (QED) is 0.669. The van der Waals surface area contributed by atoms with Crippen LogP contribution in [0.4, 0.5) is 0 Å². The highest BCUT2D eigenvalue weighted by atomic mass is 16.5. The summed E-state index contributed by atoms with van der Waals surface area (Å²) >= 11 is 0. The van der Waals surface area contributed by atoms with Crippen LogP contribution in [0.15, 0.2) is 42.5 Å². The number of methoxy groups -OCH3 is 1. The Balaban J connectivity index is 2.00. The maximum absolute atomic E-state index is 11.4. The van der Waals surface area contributed by atoms with Gasteiger partial charge in [0.2, 0.25) is 0 Å². The minimum absolute atomic E-state index is 0.356. The lowest BCUT2D eigenvalue weighted by atomic mass is 10.2. The zero-order valence-corrected chi connectivity index (χ0v) is 11.2. The minimum atomic E-state index is -0.356. The van der Waals surface area contributed by atoms with Crippen molar-refractivity contribution in [2.75, 3.05) is 7.11 Å². The van der Waals surface area contributed by atoms with Gasteiger partial charge in [0.05, 0.1) is 18.4 Å². The molecule has 0 bridgehead atoms. The highest BCUT2D eigenvalue weighted by Gasteiger charge is 2.07. The Morgan fingerprint density at radius 1 is 1.05 bits per heavy atom. The van der Waals surface area contributed by atoms with Gasteiger partial charge in [0.25, 0.3) is 0 Å². The van der Waals surface area contributed by atoms with Crippen LogP contribution in [-0.2, 0) is 4.74 Å². The van der Waals surface area contributed by atoms with Crippen molar-refractivity contribution in [3.63, 3.8) is 0 Å². The number of hydrogen-bond acceptors (Lipinski definition) is 4. The number of aromatic nitrogens is 3. The van der Waals surface area contributed by atoms with Crippen molar-refractivity contribution in [3.05, 3.63) is 53.6 Å². The molecule has 0 atom stereocenters. The Morgan fingerprint density at radius 3 is 2.45 bits per heavy atom. The lowest BCUT2D eigenvalue weighted by Crippen LogP contribution is -2.03. The van der Waals surface area contributed by atoms with Gasteiger partial charge in [-0.2, -0.15) is 4.80 Å². The van der Waals surface area contributed by atoms with E-state index in [4.69, 9.17) is 0 Å². The Kier molecular flexibility index (Phi) is 2.95. The lowest BCUT2D eigenvalue weighted by Gasteiger charge is -2.01. The number of benzene rings is 2. The number of esters is 1. The van der Waals surface area contributed by atoms with Gasteiger partial charge in [-0.1, -0.05) is 6.07 Å². The molecule has 0 spiro atoms.